The molecule has 1 aromatic carbocycles. The van der Waals surface area contributed by atoms with Crippen LogP contribution in [0, 0.1) is 11.7 Å². The molecule has 26 heavy (non-hydrogen) atoms. The van der Waals surface area contributed by atoms with Crippen LogP contribution in [0.25, 0.3) is 0 Å². The molecule has 2 rings (SSSR count). The number of nitrogens with zero attached hydrogens (tertiary/aromatic N) is 1. The number of benzene rings is 1. The number of halogens is 4. The van der Waals surface area contributed by atoms with Crippen LogP contribution >= 0.6 is 0 Å². The van der Waals surface area contributed by atoms with Gasteiger partial charge >= 0.3 is 12.2 Å². The third kappa shape index (κ3) is 5.33. The molecule has 0 bridgehead atoms. The zero-order valence-corrected chi connectivity index (χ0v) is 14.7. The van der Waals surface area contributed by atoms with Crippen molar-refractivity contribution in [2.24, 2.45) is 11.7 Å². The van der Waals surface area contributed by atoms with Crippen molar-refractivity contribution in [2.45, 2.75) is 51.4 Å². The minimum absolute atomic E-state index is 0.0133. The molecular formula is C18H24F4N2O2. The lowest BCUT2D eigenvalue weighted by Gasteiger charge is -2.35. The molecule has 2 amide bonds. The molecule has 0 aromatic heterocycles. The van der Waals surface area contributed by atoms with Gasteiger partial charge in [0.1, 0.15) is 5.82 Å². The first-order valence-electron chi connectivity index (χ1n) is 8.68. The Bertz CT molecular complexity index is 614. The van der Waals surface area contributed by atoms with Crippen LogP contribution in [0.3, 0.4) is 0 Å². The minimum atomic E-state index is -4.65. The maximum atomic E-state index is 13.8. The lowest BCUT2D eigenvalue weighted by atomic mass is 9.86. The van der Waals surface area contributed by atoms with Crippen LogP contribution in [0.1, 0.15) is 43.7 Å². The maximum absolute atomic E-state index is 13.8. The number of alkyl halides is 3. The maximum Gasteiger partial charge on any atom is 0.416 e. The molecule has 1 aliphatic rings. The molecule has 0 atom stereocenters. The quantitative estimate of drug-likeness (QED) is 0.594. The lowest BCUT2D eigenvalue weighted by molar-refractivity contribution is -0.139. The number of nitrogens with two attached hydrogens (primary N) is 1. The molecule has 146 valence electrons. The first kappa shape index (κ1) is 20.5. The number of urea groups is 1. The Morgan fingerprint density at radius 3 is 2.50 bits per heavy atom. The predicted molar refractivity (Wildman–Crippen MR) is 88.8 cm³/mol. The number of carbonyl (C=O) groups is 1. The Kier molecular flexibility index (Phi) is 6.86. The van der Waals surface area contributed by atoms with Crippen molar-refractivity contribution in [3.63, 3.8) is 0 Å². The first-order valence-corrected chi connectivity index (χ1v) is 8.68. The topological polar surface area (TPSA) is 55.6 Å². The molecule has 0 saturated heterocycles. The molecule has 0 radical (unpaired) electrons. The standard InChI is InChI=1S/C18H24F4N2O2/c1-12-5-7-13(8-6-12)24(17(23)25)9-10-26-11-14-15(18(20,21)22)3-2-4-16(14)19/h2-4,12-13H,5-11H2,1H3,(H2,23,25)/t12-,13-. The number of primary amides is 1. The van der Waals surface area contributed by atoms with Crippen LogP contribution in [-0.4, -0.2) is 30.1 Å². The van der Waals surface area contributed by atoms with Crippen molar-refractivity contribution in [3.8, 4) is 0 Å². The molecule has 0 heterocycles. The average molecular weight is 376 g/mol. The highest BCUT2D eigenvalue weighted by molar-refractivity contribution is 5.72. The molecule has 0 unspecified atom stereocenters. The highest BCUT2D eigenvalue weighted by Crippen LogP contribution is 2.33. The Balaban J connectivity index is 1.92. The van der Waals surface area contributed by atoms with E-state index >= 15 is 0 Å². The van der Waals surface area contributed by atoms with Gasteiger partial charge in [0.15, 0.2) is 0 Å². The van der Waals surface area contributed by atoms with Gasteiger partial charge in [-0.3, -0.25) is 0 Å². The van der Waals surface area contributed by atoms with E-state index in [2.05, 4.69) is 6.92 Å². The van der Waals surface area contributed by atoms with E-state index in [4.69, 9.17) is 10.5 Å². The van der Waals surface area contributed by atoms with Crippen LogP contribution in [0.2, 0.25) is 0 Å². The summed E-state index contributed by atoms with van der Waals surface area (Å²) in [7, 11) is 0. The minimum Gasteiger partial charge on any atom is -0.375 e. The van der Waals surface area contributed by atoms with Gasteiger partial charge in [0.05, 0.1) is 18.8 Å². The summed E-state index contributed by atoms with van der Waals surface area (Å²) in [6.07, 6.45) is -0.969. The summed E-state index contributed by atoms with van der Waals surface area (Å²) in [6.45, 7) is 1.79. The number of hydrogen-bond acceptors (Lipinski definition) is 2. The van der Waals surface area contributed by atoms with Gasteiger partial charge in [-0.05, 0) is 43.7 Å². The molecular weight excluding hydrogens is 352 g/mol. The van der Waals surface area contributed by atoms with Crippen molar-refractivity contribution in [2.75, 3.05) is 13.2 Å². The van der Waals surface area contributed by atoms with Gasteiger partial charge in [0.25, 0.3) is 0 Å². The smallest absolute Gasteiger partial charge is 0.375 e. The van der Waals surface area contributed by atoms with E-state index in [0.717, 1.165) is 43.9 Å². The van der Waals surface area contributed by atoms with E-state index < -0.39 is 35.8 Å². The van der Waals surface area contributed by atoms with Gasteiger partial charge in [-0.25, -0.2) is 9.18 Å². The Morgan fingerprint density at radius 1 is 1.27 bits per heavy atom. The zero-order chi connectivity index (χ0) is 19.3. The first-order chi connectivity index (χ1) is 12.2. The second kappa shape index (κ2) is 8.70. The Labute approximate surface area is 150 Å². The average Bonchev–Trinajstić information content (AvgIpc) is 2.56. The molecule has 1 aliphatic carbocycles. The monoisotopic (exact) mass is 376 g/mol. The van der Waals surface area contributed by atoms with Crippen molar-refractivity contribution in [1.29, 1.82) is 0 Å². The van der Waals surface area contributed by atoms with Crippen LogP contribution < -0.4 is 5.73 Å². The number of amides is 2. The van der Waals surface area contributed by atoms with E-state index in [1.807, 2.05) is 0 Å². The lowest BCUT2D eigenvalue weighted by Crippen LogP contribution is -2.46. The van der Waals surface area contributed by atoms with Gasteiger partial charge in [-0.1, -0.05) is 13.0 Å². The molecule has 1 saturated carbocycles. The summed E-state index contributed by atoms with van der Waals surface area (Å²) >= 11 is 0. The number of hydrogen-bond donors (Lipinski definition) is 1. The summed E-state index contributed by atoms with van der Waals surface area (Å²) in [5, 5.41) is 0. The van der Waals surface area contributed by atoms with Gasteiger partial charge < -0.3 is 15.4 Å². The van der Waals surface area contributed by atoms with Crippen LogP contribution in [-0.2, 0) is 17.5 Å². The second-order valence-electron chi connectivity index (χ2n) is 6.76. The number of ether oxygens (including phenoxy) is 1. The van der Waals surface area contributed by atoms with E-state index in [-0.39, 0.29) is 19.2 Å². The summed E-state index contributed by atoms with van der Waals surface area (Å²) in [6, 6.07) is 2.25. The van der Waals surface area contributed by atoms with Gasteiger partial charge in [0.2, 0.25) is 0 Å². The van der Waals surface area contributed by atoms with Gasteiger partial charge in [-0.2, -0.15) is 13.2 Å². The van der Waals surface area contributed by atoms with Crippen molar-refractivity contribution >= 4 is 6.03 Å². The van der Waals surface area contributed by atoms with Crippen molar-refractivity contribution in [3.05, 3.63) is 35.1 Å². The zero-order valence-electron chi connectivity index (χ0n) is 14.7. The summed E-state index contributed by atoms with van der Waals surface area (Å²) in [4.78, 5) is 13.2. The predicted octanol–water partition coefficient (Wildman–Crippen LogP) is 4.32. The normalized spacial score (nSPS) is 20.8. The van der Waals surface area contributed by atoms with Crippen molar-refractivity contribution < 1.29 is 27.1 Å². The van der Waals surface area contributed by atoms with Crippen LogP contribution in [0.15, 0.2) is 18.2 Å². The van der Waals surface area contributed by atoms with E-state index in [1.165, 1.54) is 4.90 Å². The van der Waals surface area contributed by atoms with E-state index in [0.29, 0.717) is 5.92 Å². The molecule has 0 spiro atoms. The number of rotatable bonds is 6. The van der Waals surface area contributed by atoms with Crippen LogP contribution in [0.4, 0.5) is 22.4 Å². The third-order valence-corrected chi connectivity index (χ3v) is 4.86. The molecule has 1 aromatic rings. The van der Waals surface area contributed by atoms with Gasteiger partial charge in [-0.15, -0.1) is 0 Å². The van der Waals surface area contributed by atoms with Crippen molar-refractivity contribution in [1.82, 2.24) is 4.90 Å². The van der Waals surface area contributed by atoms with Crippen LogP contribution in [0.5, 0.6) is 0 Å². The highest BCUT2D eigenvalue weighted by atomic mass is 19.4. The summed E-state index contributed by atoms with van der Waals surface area (Å²) in [5.74, 6) is -0.355. The fraction of sp³-hybridized carbons (Fsp3) is 0.611. The Morgan fingerprint density at radius 2 is 1.92 bits per heavy atom. The SMILES string of the molecule is C[C@H]1CC[C@H](N(CCOCc2c(F)cccc2C(F)(F)F)C(N)=O)CC1. The fourth-order valence-corrected chi connectivity index (χ4v) is 3.33. The summed E-state index contributed by atoms with van der Waals surface area (Å²) in [5.41, 5.74) is 3.84. The second-order valence-corrected chi connectivity index (χ2v) is 6.76. The molecule has 8 heteroatoms. The number of carbonyl (C=O) groups excluding carboxylic acids is 1. The Hall–Kier alpha value is -1.83. The van der Waals surface area contributed by atoms with E-state index in [1.54, 1.807) is 0 Å². The largest absolute Gasteiger partial charge is 0.416 e. The third-order valence-electron chi connectivity index (χ3n) is 4.86. The fourth-order valence-electron chi connectivity index (χ4n) is 3.33. The molecule has 2 N–H and O–H groups in total. The molecule has 1 fully saturated rings. The summed E-state index contributed by atoms with van der Waals surface area (Å²) < 4.78 is 57.9. The molecule has 4 nitrogen and oxygen atoms in total. The molecule has 0 aliphatic heterocycles. The highest BCUT2D eigenvalue weighted by Gasteiger charge is 2.34. The van der Waals surface area contributed by atoms with Gasteiger partial charge in [0, 0.05) is 18.2 Å². The van der Waals surface area contributed by atoms with E-state index in [9.17, 15) is 22.4 Å².